The highest BCUT2D eigenvalue weighted by Gasteiger charge is 2.38. The molecular formula is C17H13O3. The van der Waals surface area contributed by atoms with Crippen LogP contribution in [0, 0.1) is 37.5 Å². The van der Waals surface area contributed by atoms with Crippen LogP contribution in [0.5, 0.6) is 0 Å². The smallest absolute Gasteiger partial charge is 0.234 e. The number of aliphatic hydroxyl groups is 1. The lowest BCUT2D eigenvalue weighted by Gasteiger charge is -2.25. The Labute approximate surface area is 118 Å². The first-order valence-electron chi connectivity index (χ1n) is 6.44. The maximum absolute atomic E-state index is 12.3. The molecule has 3 heteroatoms. The van der Waals surface area contributed by atoms with Gasteiger partial charge in [0.05, 0.1) is 0 Å². The third-order valence-corrected chi connectivity index (χ3v) is 3.75. The van der Waals surface area contributed by atoms with Gasteiger partial charge in [0.15, 0.2) is 0 Å². The number of ketones is 2. The molecule has 1 unspecified atom stereocenters. The molecule has 0 aliphatic heterocycles. The zero-order valence-corrected chi connectivity index (χ0v) is 11.0. The quantitative estimate of drug-likeness (QED) is 0.836. The molecule has 1 saturated carbocycles. The molecule has 3 nitrogen and oxygen atoms in total. The van der Waals surface area contributed by atoms with E-state index in [1.807, 2.05) is 32.6 Å². The maximum Gasteiger partial charge on any atom is 0.234 e. The van der Waals surface area contributed by atoms with Crippen molar-refractivity contribution in [3.05, 3.63) is 72.6 Å². The van der Waals surface area contributed by atoms with Crippen LogP contribution in [-0.2, 0) is 4.79 Å². The summed E-state index contributed by atoms with van der Waals surface area (Å²) in [6.07, 6.45) is 7.49. The van der Waals surface area contributed by atoms with Crippen molar-refractivity contribution in [2.45, 2.75) is 6.92 Å². The second-order valence-corrected chi connectivity index (χ2v) is 4.91. The Morgan fingerprint density at radius 2 is 1.55 bits per heavy atom. The third kappa shape index (κ3) is 1.89. The molecule has 3 rings (SSSR count). The van der Waals surface area contributed by atoms with Gasteiger partial charge in [-0.2, -0.15) is 0 Å². The predicted molar refractivity (Wildman–Crippen MR) is 74.9 cm³/mol. The number of carbonyl (C=O) groups is 2. The molecule has 1 aromatic rings. The van der Waals surface area contributed by atoms with Gasteiger partial charge >= 0.3 is 0 Å². The van der Waals surface area contributed by atoms with Crippen molar-refractivity contribution in [3.8, 4) is 0 Å². The lowest BCUT2D eigenvalue weighted by molar-refractivity contribution is -0.112. The topological polar surface area (TPSA) is 54.4 Å². The second-order valence-electron chi connectivity index (χ2n) is 4.91. The largest absolute Gasteiger partial charge is 0.507 e. The van der Waals surface area contributed by atoms with Crippen LogP contribution < -0.4 is 0 Å². The van der Waals surface area contributed by atoms with E-state index in [4.69, 9.17) is 0 Å². The van der Waals surface area contributed by atoms with Crippen LogP contribution in [0.25, 0.3) is 5.76 Å². The first-order chi connectivity index (χ1) is 9.61. The summed E-state index contributed by atoms with van der Waals surface area (Å²) >= 11 is 0. The van der Waals surface area contributed by atoms with Gasteiger partial charge in [-0.25, -0.2) is 0 Å². The van der Waals surface area contributed by atoms with Crippen molar-refractivity contribution in [3.63, 3.8) is 0 Å². The van der Waals surface area contributed by atoms with Gasteiger partial charge in [0, 0.05) is 16.7 Å². The highest BCUT2D eigenvalue weighted by atomic mass is 16.3. The minimum Gasteiger partial charge on any atom is -0.507 e. The zero-order chi connectivity index (χ0) is 14.3. The van der Waals surface area contributed by atoms with Gasteiger partial charge in [-0.3, -0.25) is 9.59 Å². The average Bonchev–Trinajstić information content (AvgIpc) is 2.99. The summed E-state index contributed by atoms with van der Waals surface area (Å²) in [5.41, 5.74) is 0.888. The van der Waals surface area contributed by atoms with E-state index in [9.17, 15) is 14.7 Å². The van der Waals surface area contributed by atoms with Crippen molar-refractivity contribution in [2.75, 3.05) is 0 Å². The molecule has 2 aliphatic rings. The molecule has 1 atom stereocenters. The fourth-order valence-corrected chi connectivity index (χ4v) is 2.63. The number of hydrogen-bond donors (Lipinski definition) is 1. The van der Waals surface area contributed by atoms with Crippen molar-refractivity contribution >= 4 is 17.3 Å². The number of hydrogen-bond acceptors (Lipinski definition) is 3. The Morgan fingerprint density at radius 1 is 0.950 bits per heavy atom. The van der Waals surface area contributed by atoms with Gasteiger partial charge in [0.25, 0.3) is 0 Å². The van der Waals surface area contributed by atoms with Crippen LogP contribution in [0.15, 0.2) is 29.8 Å². The molecule has 0 aromatic heterocycles. The van der Waals surface area contributed by atoms with Gasteiger partial charge in [0.1, 0.15) is 5.76 Å². The Kier molecular flexibility index (Phi) is 3.20. The number of allylic oxidation sites excluding steroid dienone is 1. The Morgan fingerprint density at radius 3 is 2.20 bits per heavy atom. The Balaban J connectivity index is 2.09. The summed E-state index contributed by atoms with van der Waals surface area (Å²) in [6.45, 7) is 1.82. The van der Waals surface area contributed by atoms with Crippen LogP contribution in [0.1, 0.15) is 22.8 Å². The molecule has 1 N–H and O–H groups in total. The van der Waals surface area contributed by atoms with Gasteiger partial charge < -0.3 is 5.11 Å². The van der Waals surface area contributed by atoms with E-state index in [0.717, 1.165) is 5.92 Å². The molecule has 0 bridgehead atoms. The van der Waals surface area contributed by atoms with Gasteiger partial charge in [-0.05, 0) is 37.5 Å². The summed E-state index contributed by atoms with van der Waals surface area (Å²) in [4.78, 5) is 24.4. The number of carbonyl (C=O) groups excluding carboxylic acids is 2. The molecule has 99 valence electrons. The van der Waals surface area contributed by atoms with Crippen LogP contribution in [0.3, 0.4) is 0 Å². The summed E-state index contributed by atoms with van der Waals surface area (Å²) in [5.74, 6) is -0.650. The van der Waals surface area contributed by atoms with Crippen molar-refractivity contribution < 1.29 is 14.7 Å². The summed E-state index contributed by atoms with van der Waals surface area (Å²) in [7, 11) is 0. The highest BCUT2D eigenvalue weighted by Crippen LogP contribution is 2.39. The van der Waals surface area contributed by atoms with Crippen LogP contribution in [0.2, 0.25) is 0 Å². The van der Waals surface area contributed by atoms with E-state index in [-0.39, 0.29) is 22.8 Å². The van der Waals surface area contributed by atoms with Crippen molar-refractivity contribution in [2.24, 2.45) is 5.92 Å². The minimum atomic E-state index is -0.616. The SMILES string of the molecule is CC([C]1[CH][CH][CH][CH]1)C1=C(O)c2ccccc2C(=O)C1=O. The van der Waals surface area contributed by atoms with E-state index in [2.05, 4.69) is 0 Å². The van der Waals surface area contributed by atoms with Crippen LogP contribution in [-0.4, -0.2) is 16.7 Å². The average molecular weight is 265 g/mol. The summed E-state index contributed by atoms with van der Waals surface area (Å²) in [5, 5.41) is 10.4. The lowest BCUT2D eigenvalue weighted by Crippen LogP contribution is -2.29. The van der Waals surface area contributed by atoms with Crippen molar-refractivity contribution in [1.82, 2.24) is 0 Å². The molecule has 2 aliphatic carbocycles. The maximum atomic E-state index is 12.3. The molecule has 20 heavy (non-hydrogen) atoms. The molecular weight excluding hydrogens is 252 g/mol. The molecule has 5 radical (unpaired) electrons. The summed E-state index contributed by atoms with van der Waals surface area (Å²) < 4.78 is 0. The van der Waals surface area contributed by atoms with Crippen molar-refractivity contribution in [1.29, 1.82) is 0 Å². The monoisotopic (exact) mass is 265 g/mol. The fourth-order valence-electron chi connectivity index (χ4n) is 2.63. The Hall–Kier alpha value is -1.90. The molecule has 1 aromatic carbocycles. The van der Waals surface area contributed by atoms with E-state index >= 15 is 0 Å². The van der Waals surface area contributed by atoms with Gasteiger partial charge in [-0.1, -0.05) is 31.2 Å². The third-order valence-electron chi connectivity index (χ3n) is 3.75. The second kappa shape index (κ2) is 4.89. The zero-order valence-electron chi connectivity index (χ0n) is 11.0. The Bertz CT molecular complexity index is 606. The first-order valence-corrected chi connectivity index (χ1v) is 6.44. The van der Waals surface area contributed by atoms with E-state index < -0.39 is 11.6 Å². The van der Waals surface area contributed by atoms with E-state index in [0.29, 0.717) is 5.56 Å². The minimum absolute atomic E-state index is 0.0844. The number of rotatable bonds is 2. The molecule has 0 saturated heterocycles. The number of fused-ring (bicyclic) bond motifs is 1. The number of benzene rings is 1. The standard InChI is InChI=1S/C17H13O3/c1-10(11-6-2-3-7-11)14-15(18)12-8-4-5-9-13(12)16(19)17(14)20/h2-10,18H,1H3. The summed E-state index contributed by atoms with van der Waals surface area (Å²) in [6, 6.07) is 6.65. The molecule has 1 fully saturated rings. The van der Waals surface area contributed by atoms with Gasteiger partial charge in [-0.15, -0.1) is 0 Å². The predicted octanol–water partition coefficient (Wildman–Crippen LogP) is 2.76. The molecule has 0 amide bonds. The normalized spacial score (nSPS) is 21.2. The van der Waals surface area contributed by atoms with E-state index in [1.54, 1.807) is 24.3 Å². The van der Waals surface area contributed by atoms with Crippen LogP contribution >= 0.6 is 0 Å². The lowest BCUT2D eigenvalue weighted by atomic mass is 9.77. The van der Waals surface area contributed by atoms with Crippen LogP contribution in [0.4, 0.5) is 0 Å². The van der Waals surface area contributed by atoms with E-state index in [1.165, 1.54) is 0 Å². The highest BCUT2D eigenvalue weighted by molar-refractivity contribution is 6.52. The number of aliphatic hydroxyl groups excluding tert-OH is 1. The number of Topliss-reactive ketones (excluding diaryl/α,β-unsaturated/α-hetero) is 2. The molecule has 0 heterocycles. The van der Waals surface area contributed by atoms with Gasteiger partial charge in [0.2, 0.25) is 11.6 Å². The first kappa shape index (κ1) is 13.1. The molecule has 0 spiro atoms. The fraction of sp³-hybridized carbons (Fsp3) is 0.118.